The topological polar surface area (TPSA) is 53.5 Å². The van der Waals surface area contributed by atoms with E-state index in [2.05, 4.69) is 48.8 Å². The zero-order chi connectivity index (χ0) is 17.6. The van der Waals surface area contributed by atoms with Crippen molar-refractivity contribution >= 4 is 17.4 Å². The Hall–Kier alpha value is -2.36. The zero-order valence-corrected chi connectivity index (χ0v) is 15.0. The molecule has 0 fully saturated rings. The molecule has 0 saturated heterocycles. The lowest BCUT2D eigenvalue weighted by molar-refractivity contribution is 0.252. The van der Waals surface area contributed by atoms with Crippen molar-refractivity contribution in [1.29, 1.82) is 0 Å². The van der Waals surface area contributed by atoms with Crippen LogP contribution in [0.15, 0.2) is 59.2 Å². The highest BCUT2D eigenvalue weighted by atomic mass is 16.2. The van der Waals surface area contributed by atoms with Crippen molar-refractivity contribution in [3.8, 4) is 0 Å². The van der Waals surface area contributed by atoms with Crippen LogP contribution in [0.4, 0.5) is 10.5 Å². The van der Waals surface area contributed by atoms with Crippen molar-refractivity contribution in [2.24, 2.45) is 16.4 Å². The molecule has 2 amide bonds. The fourth-order valence-corrected chi connectivity index (χ4v) is 3.08. The molecule has 2 rings (SSSR count). The molecule has 1 aliphatic carbocycles. The maximum absolute atomic E-state index is 11.8. The molecule has 4 heteroatoms. The standard InChI is InChI=1S/C20H27N3O/c1-15-9-8-14-20(3,4)18(15)13-12-16(2)22-23-19(24)21-17-10-6-5-7-11-17/h5-7,9-13,18H,8,14H2,1-4H3,(H2,21,23,24)/b13-12+,22-16-/t18-/m1/s1. The number of amides is 2. The molecule has 24 heavy (non-hydrogen) atoms. The Balaban J connectivity index is 1.92. The van der Waals surface area contributed by atoms with Crippen molar-refractivity contribution in [1.82, 2.24) is 5.43 Å². The monoisotopic (exact) mass is 325 g/mol. The van der Waals surface area contributed by atoms with E-state index in [0.717, 1.165) is 17.8 Å². The first-order valence-corrected chi connectivity index (χ1v) is 8.40. The van der Waals surface area contributed by atoms with Crippen LogP contribution in [0.25, 0.3) is 0 Å². The van der Waals surface area contributed by atoms with E-state index in [-0.39, 0.29) is 11.4 Å². The Morgan fingerprint density at radius 2 is 2.00 bits per heavy atom. The Morgan fingerprint density at radius 1 is 1.29 bits per heavy atom. The molecule has 0 heterocycles. The van der Waals surface area contributed by atoms with Crippen LogP contribution in [0.1, 0.15) is 40.5 Å². The number of anilines is 1. The van der Waals surface area contributed by atoms with Crippen molar-refractivity contribution in [2.45, 2.75) is 40.5 Å². The van der Waals surface area contributed by atoms with Crippen LogP contribution in [0.5, 0.6) is 0 Å². The van der Waals surface area contributed by atoms with E-state index in [1.807, 2.05) is 43.3 Å². The van der Waals surface area contributed by atoms with Crippen molar-refractivity contribution < 1.29 is 4.79 Å². The summed E-state index contributed by atoms with van der Waals surface area (Å²) in [5, 5.41) is 6.86. The highest BCUT2D eigenvalue weighted by molar-refractivity contribution is 5.95. The minimum absolute atomic E-state index is 0.258. The van der Waals surface area contributed by atoms with Gasteiger partial charge in [-0.15, -0.1) is 0 Å². The number of nitrogens with one attached hydrogen (secondary N) is 2. The van der Waals surface area contributed by atoms with Crippen molar-refractivity contribution in [3.05, 3.63) is 54.1 Å². The molecule has 0 aromatic heterocycles. The van der Waals surface area contributed by atoms with Crippen LogP contribution >= 0.6 is 0 Å². The Morgan fingerprint density at radius 3 is 2.67 bits per heavy atom. The Labute approximate surface area is 144 Å². The van der Waals surface area contributed by atoms with Gasteiger partial charge in [0, 0.05) is 11.6 Å². The second-order valence-electron chi connectivity index (χ2n) is 7.00. The van der Waals surface area contributed by atoms with Gasteiger partial charge < -0.3 is 5.32 Å². The molecule has 1 aliphatic rings. The van der Waals surface area contributed by atoms with Gasteiger partial charge in [-0.2, -0.15) is 5.10 Å². The first-order valence-electron chi connectivity index (χ1n) is 8.40. The molecule has 1 atom stereocenters. The third-order valence-electron chi connectivity index (χ3n) is 4.48. The van der Waals surface area contributed by atoms with Gasteiger partial charge in [0.2, 0.25) is 0 Å². The molecular formula is C20H27N3O. The molecule has 0 saturated carbocycles. The third-order valence-corrected chi connectivity index (χ3v) is 4.48. The van der Waals surface area contributed by atoms with E-state index in [0.29, 0.717) is 5.92 Å². The average molecular weight is 325 g/mol. The fourth-order valence-electron chi connectivity index (χ4n) is 3.08. The van der Waals surface area contributed by atoms with E-state index < -0.39 is 0 Å². The van der Waals surface area contributed by atoms with E-state index in [4.69, 9.17) is 0 Å². The van der Waals surface area contributed by atoms with E-state index >= 15 is 0 Å². The van der Waals surface area contributed by atoms with Crippen LogP contribution in [-0.4, -0.2) is 11.7 Å². The largest absolute Gasteiger partial charge is 0.339 e. The predicted octanol–water partition coefficient (Wildman–Crippen LogP) is 5.12. The van der Waals surface area contributed by atoms with Gasteiger partial charge in [0.05, 0.1) is 5.71 Å². The zero-order valence-electron chi connectivity index (χ0n) is 15.0. The summed E-state index contributed by atoms with van der Waals surface area (Å²) in [5.41, 5.74) is 5.70. The number of hydrogen-bond acceptors (Lipinski definition) is 2. The number of hydrogen-bond donors (Lipinski definition) is 2. The summed E-state index contributed by atoms with van der Waals surface area (Å²) in [4.78, 5) is 11.8. The molecule has 0 spiro atoms. The molecular weight excluding hydrogens is 298 g/mol. The summed E-state index contributed by atoms with van der Waals surface area (Å²) in [6.45, 7) is 8.68. The lowest BCUT2D eigenvalue weighted by Crippen LogP contribution is -2.26. The predicted molar refractivity (Wildman–Crippen MR) is 101 cm³/mol. The second kappa shape index (κ2) is 7.95. The fraction of sp³-hybridized carbons (Fsp3) is 0.400. The van der Waals surface area contributed by atoms with Crippen LogP contribution in [0.3, 0.4) is 0 Å². The van der Waals surface area contributed by atoms with Crippen molar-refractivity contribution in [2.75, 3.05) is 5.32 Å². The maximum atomic E-state index is 11.8. The van der Waals surface area contributed by atoms with E-state index in [1.54, 1.807) is 0 Å². The number of benzene rings is 1. The van der Waals surface area contributed by atoms with Gasteiger partial charge in [0.1, 0.15) is 0 Å². The Kier molecular flexibility index (Phi) is 5.96. The number of hydrazone groups is 1. The number of allylic oxidation sites excluding steroid dienone is 4. The highest BCUT2D eigenvalue weighted by Crippen LogP contribution is 2.41. The number of carbonyl (C=O) groups is 1. The summed E-state index contributed by atoms with van der Waals surface area (Å²) < 4.78 is 0. The number of para-hydroxylation sites is 1. The summed E-state index contributed by atoms with van der Waals surface area (Å²) >= 11 is 0. The summed E-state index contributed by atoms with van der Waals surface area (Å²) in [6.07, 6.45) is 8.83. The highest BCUT2D eigenvalue weighted by Gasteiger charge is 2.30. The first kappa shape index (κ1) is 18.0. The molecule has 1 aromatic carbocycles. The minimum atomic E-state index is -0.344. The van der Waals surface area contributed by atoms with Gasteiger partial charge in [-0.3, -0.25) is 0 Å². The Bertz CT molecular complexity index is 657. The first-order chi connectivity index (χ1) is 11.4. The molecule has 2 N–H and O–H groups in total. The van der Waals surface area contributed by atoms with Crippen molar-refractivity contribution in [3.63, 3.8) is 0 Å². The van der Waals surface area contributed by atoms with Gasteiger partial charge in [0.25, 0.3) is 0 Å². The quantitative estimate of drug-likeness (QED) is 0.450. The number of nitrogens with zero attached hydrogens (tertiary/aromatic N) is 1. The molecule has 1 aromatic rings. The SMILES string of the molecule is CC1=CCCC(C)(C)[C@@H]1/C=C/C(C)=N\NC(=O)Nc1ccccc1. The smallest absolute Gasteiger partial charge is 0.307 e. The molecule has 0 aliphatic heterocycles. The van der Waals surface area contributed by atoms with Crippen LogP contribution in [0, 0.1) is 11.3 Å². The lowest BCUT2D eigenvalue weighted by Gasteiger charge is -2.36. The second-order valence-corrected chi connectivity index (χ2v) is 7.00. The molecule has 0 bridgehead atoms. The maximum Gasteiger partial charge on any atom is 0.339 e. The van der Waals surface area contributed by atoms with E-state index in [1.165, 1.54) is 12.0 Å². The van der Waals surface area contributed by atoms with E-state index in [9.17, 15) is 4.79 Å². The third kappa shape index (κ3) is 5.08. The number of urea groups is 1. The number of carbonyl (C=O) groups excluding carboxylic acids is 1. The van der Waals surface area contributed by atoms with Gasteiger partial charge >= 0.3 is 6.03 Å². The molecule has 0 radical (unpaired) electrons. The lowest BCUT2D eigenvalue weighted by atomic mass is 9.68. The molecule has 0 unspecified atom stereocenters. The summed E-state index contributed by atoms with van der Waals surface area (Å²) in [6, 6.07) is 8.96. The van der Waals surface area contributed by atoms with Crippen LogP contribution < -0.4 is 10.7 Å². The summed E-state index contributed by atoms with van der Waals surface area (Å²) in [5.74, 6) is 0.412. The van der Waals surface area contributed by atoms with Gasteiger partial charge in [-0.1, -0.05) is 49.8 Å². The average Bonchev–Trinajstić information content (AvgIpc) is 2.53. The summed E-state index contributed by atoms with van der Waals surface area (Å²) in [7, 11) is 0. The van der Waals surface area contributed by atoms with Crippen LogP contribution in [0.2, 0.25) is 0 Å². The van der Waals surface area contributed by atoms with Gasteiger partial charge in [-0.05, 0) is 50.3 Å². The molecule has 4 nitrogen and oxygen atoms in total. The molecule has 128 valence electrons. The van der Waals surface area contributed by atoms with Gasteiger partial charge in [-0.25, -0.2) is 10.2 Å². The van der Waals surface area contributed by atoms with Crippen LogP contribution in [-0.2, 0) is 0 Å². The minimum Gasteiger partial charge on any atom is -0.307 e. The van der Waals surface area contributed by atoms with Gasteiger partial charge in [0.15, 0.2) is 0 Å². The normalized spacial score (nSPS) is 20.6. The number of rotatable bonds is 4.